The second-order valence-corrected chi connectivity index (χ2v) is 11.3. The first-order valence-corrected chi connectivity index (χ1v) is 13.1. The molecule has 3 aromatic rings. The van der Waals surface area contributed by atoms with Crippen molar-refractivity contribution in [3.8, 4) is 5.69 Å². The monoisotopic (exact) mass is 480 g/mol. The molecule has 0 spiro atoms. The van der Waals surface area contributed by atoms with E-state index in [1.807, 2.05) is 49.1 Å². The lowest BCUT2D eigenvalue weighted by molar-refractivity contribution is 0.383. The summed E-state index contributed by atoms with van der Waals surface area (Å²) in [5.74, 6) is 1.18. The summed E-state index contributed by atoms with van der Waals surface area (Å²) in [4.78, 5) is 14.8. The third-order valence-electron chi connectivity index (χ3n) is 6.29. The summed E-state index contributed by atoms with van der Waals surface area (Å²) in [5, 5.41) is 4.58. The summed E-state index contributed by atoms with van der Waals surface area (Å²) in [6.07, 6.45) is 0.927. The number of nitrogens with zero attached hydrogens (tertiary/aromatic N) is 4. The lowest BCUT2D eigenvalue weighted by Crippen LogP contribution is -2.49. The molecule has 1 aromatic heterocycles. The number of rotatable bonds is 6. The van der Waals surface area contributed by atoms with Crippen molar-refractivity contribution in [2.75, 3.05) is 31.1 Å². The number of aryl methyl sites for hydroxylation is 2. The number of aromatic nitrogens is 2. The van der Waals surface area contributed by atoms with Gasteiger partial charge < -0.3 is 4.90 Å². The molecule has 0 radical (unpaired) electrons. The minimum Gasteiger partial charge on any atom is -0.353 e. The molecule has 0 atom stereocenters. The molecular formula is C26H32N4O3S. The van der Waals surface area contributed by atoms with Crippen molar-refractivity contribution in [2.24, 2.45) is 5.92 Å². The zero-order chi connectivity index (χ0) is 24.5. The first-order chi connectivity index (χ1) is 16.1. The maximum Gasteiger partial charge on any atom is 0.271 e. The van der Waals surface area contributed by atoms with Crippen LogP contribution >= 0.6 is 0 Å². The van der Waals surface area contributed by atoms with E-state index in [0.29, 0.717) is 42.8 Å². The fraction of sp³-hybridized carbons (Fsp3) is 0.385. The zero-order valence-corrected chi connectivity index (χ0v) is 21.0. The van der Waals surface area contributed by atoms with Crippen LogP contribution in [0.15, 0.2) is 64.3 Å². The van der Waals surface area contributed by atoms with Crippen LogP contribution in [-0.4, -0.2) is 48.7 Å². The Morgan fingerprint density at radius 2 is 1.56 bits per heavy atom. The van der Waals surface area contributed by atoms with E-state index in [9.17, 15) is 13.2 Å². The Labute approximate surface area is 201 Å². The summed E-state index contributed by atoms with van der Waals surface area (Å²) in [6, 6.07) is 16.3. The van der Waals surface area contributed by atoms with Crippen molar-refractivity contribution >= 4 is 15.8 Å². The molecule has 8 heteroatoms. The highest BCUT2D eigenvalue weighted by Gasteiger charge is 2.29. The van der Waals surface area contributed by atoms with Crippen molar-refractivity contribution in [2.45, 2.75) is 39.0 Å². The van der Waals surface area contributed by atoms with Gasteiger partial charge in [-0.05, 0) is 73.2 Å². The lowest BCUT2D eigenvalue weighted by atomic mass is 10.0. The van der Waals surface area contributed by atoms with Gasteiger partial charge in [-0.2, -0.15) is 8.99 Å². The number of benzene rings is 2. The first kappa shape index (κ1) is 24.2. The molecule has 0 aliphatic carbocycles. The second-order valence-electron chi connectivity index (χ2n) is 9.34. The average molecular weight is 481 g/mol. The molecule has 4 rings (SSSR count). The van der Waals surface area contributed by atoms with Crippen LogP contribution in [0.1, 0.15) is 30.5 Å². The second kappa shape index (κ2) is 9.72. The van der Waals surface area contributed by atoms with Crippen LogP contribution in [0.5, 0.6) is 0 Å². The maximum atomic E-state index is 13.2. The Hall–Kier alpha value is -2.97. The molecule has 0 bridgehead atoms. The quantitative estimate of drug-likeness (QED) is 0.539. The van der Waals surface area contributed by atoms with E-state index in [0.717, 1.165) is 28.8 Å². The van der Waals surface area contributed by atoms with E-state index < -0.39 is 10.0 Å². The van der Waals surface area contributed by atoms with Crippen molar-refractivity contribution in [1.29, 1.82) is 0 Å². The molecule has 0 saturated carbocycles. The van der Waals surface area contributed by atoms with E-state index in [4.69, 9.17) is 0 Å². The molecule has 34 heavy (non-hydrogen) atoms. The number of piperazine rings is 1. The van der Waals surface area contributed by atoms with Crippen molar-refractivity contribution in [3.63, 3.8) is 0 Å². The Kier molecular flexibility index (Phi) is 6.91. The SMILES string of the molecule is Cc1ccc(-n2nc(N3CCN(S(=O)(=O)c4ccc(CC(C)C)cc4)CC3)ccc2=O)cc1C. The average Bonchev–Trinajstić information content (AvgIpc) is 2.81. The molecule has 2 aromatic carbocycles. The van der Waals surface area contributed by atoms with E-state index in [1.165, 1.54) is 15.1 Å². The first-order valence-electron chi connectivity index (χ1n) is 11.7. The molecule has 1 saturated heterocycles. The molecular weight excluding hydrogens is 448 g/mol. The molecule has 1 aliphatic heterocycles. The summed E-state index contributed by atoms with van der Waals surface area (Å²) in [7, 11) is -3.55. The van der Waals surface area contributed by atoms with Crippen LogP contribution in [0, 0.1) is 19.8 Å². The normalized spacial score (nSPS) is 15.1. The molecule has 0 unspecified atom stereocenters. The van der Waals surface area contributed by atoms with Gasteiger partial charge in [-0.3, -0.25) is 4.79 Å². The van der Waals surface area contributed by atoms with Gasteiger partial charge in [0.15, 0.2) is 0 Å². The van der Waals surface area contributed by atoms with Gasteiger partial charge in [0.25, 0.3) is 5.56 Å². The van der Waals surface area contributed by atoms with Gasteiger partial charge in [0.2, 0.25) is 10.0 Å². The number of hydrogen-bond donors (Lipinski definition) is 0. The topological polar surface area (TPSA) is 75.5 Å². The van der Waals surface area contributed by atoms with Gasteiger partial charge in [-0.15, -0.1) is 5.10 Å². The standard InChI is InChI=1S/C26H32N4O3S/c1-19(2)17-22-6-9-24(10-7-22)34(32,33)29-15-13-28(14-16-29)25-11-12-26(31)30(27-25)23-8-5-20(3)21(4)18-23/h5-12,18-19H,13-17H2,1-4H3. The summed E-state index contributed by atoms with van der Waals surface area (Å²) in [6.45, 7) is 10.1. The molecule has 180 valence electrons. The highest BCUT2D eigenvalue weighted by atomic mass is 32.2. The van der Waals surface area contributed by atoms with Crippen LogP contribution < -0.4 is 10.5 Å². The summed E-state index contributed by atoms with van der Waals surface area (Å²) >= 11 is 0. The van der Waals surface area contributed by atoms with Gasteiger partial charge in [0.1, 0.15) is 5.82 Å². The van der Waals surface area contributed by atoms with Crippen molar-refractivity contribution in [1.82, 2.24) is 14.1 Å². The van der Waals surface area contributed by atoms with E-state index in [1.54, 1.807) is 18.2 Å². The molecule has 0 amide bonds. The maximum absolute atomic E-state index is 13.2. The Morgan fingerprint density at radius 3 is 2.18 bits per heavy atom. The summed E-state index contributed by atoms with van der Waals surface area (Å²) in [5.41, 5.74) is 3.91. The number of anilines is 1. The Balaban J connectivity index is 1.48. The van der Waals surface area contributed by atoms with Crippen molar-refractivity contribution in [3.05, 3.63) is 81.6 Å². The highest BCUT2D eigenvalue weighted by molar-refractivity contribution is 7.89. The van der Waals surface area contributed by atoms with Crippen LogP contribution in [0.4, 0.5) is 5.82 Å². The Morgan fingerprint density at radius 1 is 0.882 bits per heavy atom. The highest BCUT2D eigenvalue weighted by Crippen LogP contribution is 2.21. The predicted molar refractivity (Wildman–Crippen MR) is 135 cm³/mol. The zero-order valence-electron chi connectivity index (χ0n) is 20.2. The molecule has 1 fully saturated rings. The van der Waals surface area contributed by atoms with Crippen molar-refractivity contribution < 1.29 is 8.42 Å². The number of sulfonamides is 1. The van der Waals surface area contributed by atoms with Crippen LogP contribution in [0.2, 0.25) is 0 Å². The molecule has 7 nitrogen and oxygen atoms in total. The third kappa shape index (κ3) is 5.08. The van der Waals surface area contributed by atoms with Gasteiger partial charge in [-0.25, -0.2) is 8.42 Å². The molecule has 0 N–H and O–H groups in total. The molecule has 2 heterocycles. The summed E-state index contributed by atoms with van der Waals surface area (Å²) < 4.78 is 29.2. The van der Waals surface area contributed by atoms with Gasteiger partial charge in [0, 0.05) is 32.2 Å². The van der Waals surface area contributed by atoms with E-state index >= 15 is 0 Å². The minimum atomic E-state index is -3.55. The van der Waals surface area contributed by atoms with Gasteiger partial charge >= 0.3 is 0 Å². The van der Waals surface area contributed by atoms with Crippen LogP contribution in [0.3, 0.4) is 0 Å². The third-order valence-corrected chi connectivity index (χ3v) is 8.20. The van der Waals surface area contributed by atoms with Crippen LogP contribution in [0.25, 0.3) is 5.69 Å². The Bertz CT molecular complexity index is 1320. The van der Waals surface area contributed by atoms with E-state index in [-0.39, 0.29) is 5.56 Å². The minimum absolute atomic E-state index is 0.200. The fourth-order valence-electron chi connectivity index (χ4n) is 4.19. The lowest BCUT2D eigenvalue weighted by Gasteiger charge is -2.34. The van der Waals surface area contributed by atoms with Gasteiger partial charge in [-0.1, -0.05) is 32.0 Å². The fourth-order valence-corrected chi connectivity index (χ4v) is 5.61. The number of hydrogen-bond acceptors (Lipinski definition) is 5. The molecule has 1 aliphatic rings. The van der Waals surface area contributed by atoms with Crippen LogP contribution in [-0.2, 0) is 16.4 Å². The van der Waals surface area contributed by atoms with Gasteiger partial charge in [0.05, 0.1) is 10.6 Å². The predicted octanol–water partition coefficient (Wildman–Crippen LogP) is 3.56. The largest absolute Gasteiger partial charge is 0.353 e. The van der Waals surface area contributed by atoms with E-state index in [2.05, 4.69) is 18.9 Å². The smallest absolute Gasteiger partial charge is 0.271 e.